The zero-order chi connectivity index (χ0) is 16.8. The Morgan fingerprint density at radius 1 is 1.42 bits per heavy atom. The van der Waals surface area contributed by atoms with Gasteiger partial charge in [0.1, 0.15) is 0 Å². The van der Waals surface area contributed by atoms with Crippen molar-refractivity contribution in [2.75, 3.05) is 32.7 Å². The SMILES string of the molecule is Cc1nc(CN2CCC(C(=O)NCCC3CCCNC3)CC2)cs1. The highest BCUT2D eigenvalue weighted by Crippen LogP contribution is 2.20. The maximum atomic E-state index is 12.4. The highest BCUT2D eigenvalue weighted by molar-refractivity contribution is 7.09. The number of hydrogen-bond acceptors (Lipinski definition) is 5. The molecular formula is C18H30N4OS. The Kier molecular flexibility index (Phi) is 6.63. The average Bonchev–Trinajstić information content (AvgIpc) is 3.01. The van der Waals surface area contributed by atoms with Crippen LogP contribution in [0.1, 0.15) is 42.8 Å². The summed E-state index contributed by atoms with van der Waals surface area (Å²) in [5, 5.41) is 9.89. The van der Waals surface area contributed by atoms with E-state index in [-0.39, 0.29) is 11.8 Å². The van der Waals surface area contributed by atoms with Gasteiger partial charge in [0, 0.05) is 24.4 Å². The van der Waals surface area contributed by atoms with Crippen LogP contribution < -0.4 is 10.6 Å². The Labute approximate surface area is 149 Å². The predicted octanol–water partition coefficient (Wildman–Crippen LogP) is 2.17. The van der Waals surface area contributed by atoms with Crippen molar-refractivity contribution >= 4 is 17.2 Å². The zero-order valence-electron chi connectivity index (χ0n) is 14.7. The summed E-state index contributed by atoms with van der Waals surface area (Å²) >= 11 is 1.71. The molecule has 2 saturated heterocycles. The number of rotatable bonds is 6. The van der Waals surface area contributed by atoms with Crippen molar-refractivity contribution in [3.63, 3.8) is 0 Å². The van der Waals surface area contributed by atoms with E-state index >= 15 is 0 Å². The highest BCUT2D eigenvalue weighted by Gasteiger charge is 2.25. The number of hydrogen-bond donors (Lipinski definition) is 2. The first-order valence-corrected chi connectivity index (χ1v) is 10.2. The van der Waals surface area contributed by atoms with Gasteiger partial charge < -0.3 is 10.6 Å². The fourth-order valence-electron chi connectivity index (χ4n) is 3.78. The molecule has 0 saturated carbocycles. The Balaban J connectivity index is 1.32. The molecule has 0 aliphatic carbocycles. The van der Waals surface area contributed by atoms with E-state index in [1.807, 2.05) is 6.92 Å². The normalized spacial score (nSPS) is 23.3. The Hall–Kier alpha value is -0.980. The standard InChI is InChI=1S/C18H30N4OS/c1-14-21-17(13-24-14)12-22-9-5-16(6-10-22)18(23)20-8-4-15-3-2-7-19-11-15/h13,15-16,19H,2-12H2,1H3,(H,20,23). The Morgan fingerprint density at radius 3 is 2.92 bits per heavy atom. The van der Waals surface area contributed by atoms with Crippen molar-refractivity contribution in [2.24, 2.45) is 11.8 Å². The van der Waals surface area contributed by atoms with Gasteiger partial charge in [0.25, 0.3) is 0 Å². The summed E-state index contributed by atoms with van der Waals surface area (Å²) < 4.78 is 0. The van der Waals surface area contributed by atoms with Gasteiger partial charge in [-0.05, 0) is 71.1 Å². The van der Waals surface area contributed by atoms with Crippen molar-refractivity contribution in [1.82, 2.24) is 20.5 Å². The molecule has 1 aromatic heterocycles. The number of amides is 1. The van der Waals surface area contributed by atoms with Crippen LogP contribution in [0.5, 0.6) is 0 Å². The van der Waals surface area contributed by atoms with Crippen LogP contribution in [0.2, 0.25) is 0 Å². The smallest absolute Gasteiger partial charge is 0.223 e. The summed E-state index contributed by atoms with van der Waals surface area (Å²) in [7, 11) is 0. The maximum absolute atomic E-state index is 12.4. The fraction of sp³-hybridized carbons (Fsp3) is 0.778. The van der Waals surface area contributed by atoms with Gasteiger partial charge in [0.05, 0.1) is 10.7 Å². The molecule has 0 aromatic carbocycles. The molecule has 0 spiro atoms. The molecule has 5 nitrogen and oxygen atoms in total. The second kappa shape index (κ2) is 8.92. The molecule has 1 aromatic rings. The topological polar surface area (TPSA) is 57.3 Å². The molecule has 2 fully saturated rings. The number of nitrogens with zero attached hydrogens (tertiary/aromatic N) is 2. The largest absolute Gasteiger partial charge is 0.356 e. The van der Waals surface area contributed by atoms with E-state index in [2.05, 4.69) is 25.9 Å². The number of piperidine rings is 2. The Morgan fingerprint density at radius 2 is 2.25 bits per heavy atom. The summed E-state index contributed by atoms with van der Waals surface area (Å²) in [6, 6.07) is 0. The van der Waals surface area contributed by atoms with Crippen molar-refractivity contribution in [3.05, 3.63) is 16.1 Å². The van der Waals surface area contributed by atoms with Crippen molar-refractivity contribution in [1.29, 1.82) is 0 Å². The van der Waals surface area contributed by atoms with E-state index < -0.39 is 0 Å². The van der Waals surface area contributed by atoms with Crippen LogP contribution in [0.4, 0.5) is 0 Å². The molecule has 134 valence electrons. The Bertz CT molecular complexity index is 519. The van der Waals surface area contributed by atoms with Crippen LogP contribution in [0.15, 0.2) is 5.38 Å². The van der Waals surface area contributed by atoms with Gasteiger partial charge >= 0.3 is 0 Å². The molecule has 2 aliphatic rings. The quantitative estimate of drug-likeness (QED) is 0.826. The number of carbonyl (C=O) groups excluding carboxylic acids is 1. The summed E-state index contributed by atoms with van der Waals surface area (Å²) in [5.74, 6) is 1.20. The lowest BCUT2D eigenvalue weighted by molar-refractivity contribution is -0.126. The van der Waals surface area contributed by atoms with E-state index in [9.17, 15) is 4.79 Å². The molecule has 6 heteroatoms. The molecule has 0 bridgehead atoms. The average molecular weight is 351 g/mol. The lowest BCUT2D eigenvalue weighted by Gasteiger charge is -2.31. The molecule has 1 atom stereocenters. The summed E-state index contributed by atoms with van der Waals surface area (Å²) in [5.41, 5.74) is 1.17. The number of likely N-dealkylation sites (tertiary alicyclic amines) is 1. The van der Waals surface area contributed by atoms with E-state index in [0.29, 0.717) is 0 Å². The number of carbonyl (C=O) groups is 1. The maximum Gasteiger partial charge on any atom is 0.223 e. The van der Waals surface area contributed by atoms with Gasteiger partial charge in [-0.3, -0.25) is 9.69 Å². The first-order chi connectivity index (χ1) is 11.7. The van der Waals surface area contributed by atoms with Gasteiger partial charge in [0.2, 0.25) is 5.91 Å². The molecule has 0 radical (unpaired) electrons. The molecule has 2 aliphatic heterocycles. The number of nitrogens with one attached hydrogen (secondary N) is 2. The van der Waals surface area contributed by atoms with Gasteiger partial charge in [0.15, 0.2) is 0 Å². The molecule has 24 heavy (non-hydrogen) atoms. The minimum atomic E-state index is 0.197. The third-order valence-electron chi connectivity index (χ3n) is 5.26. The number of aryl methyl sites for hydroxylation is 1. The molecular weight excluding hydrogens is 320 g/mol. The van der Waals surface area contributed by atoms with Crippen LogP contribution in [0.25, 0.3) is 0 Å². The van der Waals surface area contributed by atoms with Crippen LogP contribution >= 0.6 is 11.3 Å². The van der Waals surface area contributed by atoms with Crippen molar-refractivity contribution < 1.29 is 4.79 Å². The van der Waals surface area contributed by atoms with Gasteiger partial charge in [-0.2, -0.15) is 0 Å². The van der Waals surface area contributed by atoms with E-state index in [1.165, 1.54) is 18.5 Å². The van der Waals surface area contributed by atoms with Gasteiger partial charge in [-0.25, -0.2) is 4.98 Å². The molecule has 1 unspecified atom stereocenters. The summed E-state index contributed by atoms with van der Waals surface area (Å²) in [6.07, 6.45) is 5.63. The minimum Gasteiger partial charge on any atom is -0.356 e. The third kappa shape index (κ3) is 5.26. The second-order valence-electron chi connectivity index (χ2n) is 7.20. The highest BCUT2D eigenvalue weighted by atomic mass is 32.1. The fourth-order valence-corrected chi connectivity index (χ4v) is 4.38. The summed E-state index contributed by atoms with van der Waals surface area (Å²) in [4.78, 5) is 19.3. The van der Waals surface area contributed by atoms with Gasteiger partial charge in [-0.15, -0.1) is 11.3 Å². The molecule has 3 heterocycles. The number of thiazole rings is 1. The first kappa shape index (κ1) is 17.8. The van der Waals surface area contributed by atoms with E-state index in [0.717, 1.165) is 69.5 Å². The summed E-state index contributed by atoms with van der Waals surface area (Å²) in [6.45, 7) is 8.08. The number of aromatic nitrogens is 1. The van der Waals surface area contributed by atoms with Crippen LogP contribution in [-0.4, -0.2) is 48.5 Å². The first-order valence-electron chi connectivity index (χ1n) is 9.32. The monoisotopic (exact) mass is 350 g/mol. The zero-order valence-corrected chi connectivity index (χ0v) is 15.5. The van der Waals surface area contributed by atoms with Crippen LogP contribution in [-0.2, 0) is 11.3 Å². The van der Waals surface area contributed by atoms with Gasteiger partial charge in [-0.1, -0.05) is 0 Å². The lowest BCUT2D eigenvalue weighted by Crippen LogP contribution is -2.41. The van der Waals surface area contributed by atoms with E-state index in [1.54, 1.807) is 11.3 Å². The molecule has 3 rings (SSSR count). The second-order valence-corrected chi connectivity index (χ2v) is 8.26. The molecule has 1 amide bonds. The van der Waals surface area contributed by atoms with E-state index in [4.69, 9.17) is 0 Å². The van der Waals surface area contributed by atoms with Crippen molar-refractivity contribution in [3.8, 4) is 0 Å². The molecule has 2 N–H and O–H groups in total. The lowest BCUT2D eigenvalue weighted by atomic mass is 9.94. The minimum absolute atomic E-state index is 0.197. The van der Waals surface area contributed by atoms with Crippen molar-refractivity contribution in [2.45, 2.75) is 45.6 Å². The van der Waals surface area contributed by atoms with Crippen LogP contribution in [0, 0.1) is 18.8 Å². The van der Waals surface area contributed by atoms with Crippen LogP contribution in [0.3, 0.4) is 0 Å². The predicted molar refractivity (Wildman–Crippen MR) is 98.1 cm³/mol. The third-order valence-corrected chi connectivity index (χ3v) is 6.08.